The van der Waals surface area contributed by atoms with E-state index in [9.17, 15) is 4.79 Å². The minimum atomic E-state index is -0.225. The molecule has 7 heteroatoms. The maximum atomic E-state index is 12.6. The molecule has 0 radical (unpaired) electrons. The predicted octanol–water partition coefficient (Wildman–Crippen LogP) is 1.89. The summed E-state index contributed by atoms with van der Waals surface area (Å²) < 4.78 is 5.17. The highest BCUT2D eigenvalue weighted by molar-refractivity contribution is 5.84. The van der Waals surface area contributed by atoms with Crippen molar-refractivity contribution in [3.63, 3.8) is 0 Å². The number of aryl methyl sites for hydroxylation is 1. The molecule has 2 aliphatic heterocycles. The number of anilines is 1. The van der Waals surface area contributed by atoms with Crippen molar-refractivity contribution < 1.29 is 9.32 Å². The van der Waals surface area contributed by atoms with Crippen LogP contribution in [-0.4, -0.2) is 52.6 Å². The molecule has 24 heavy (non-hydrogen) atoms. The fourth-order valence-corrected chi connectivity index (χ4v) is 3.83. The molecule has 7 nitrogen and oxygen atoms in total. The van der Waals surface area contributed by atoms with Crippen LogP contribution in [0.1, 0.15) is 25.1 Å². The van der Waals surface area contributed by atoms with Gasteiger partial charge in [-0.25, -0.2) is 4.98 Å². The van der Waals surface area contributed by atoms with Gasteiger partial charge in [0.25, 0.3) is 5.89 Å². The van der Waals surface area contributed by atoms with Crippen LogP contribution in [0.5, 0.6) is 0 Å². The molecule has 0 aromatic carbocycles. The largest absolute Gasteiger partial charge is 0.356 e. The Kier molecular flexibility index (Phi) is 3.51. The van der Waals surface area contributed by atoms with Gasteiger partial charge in [-0.3, -0.25) is 4.79 Å². The SMILES string of the molecule is Cc1noc(-c2ccc(N3CCC4(CCCN(C)C4=O)C3)nc2)n1. The molecule has 0 bridgehead atoms. The van der Waals surface area contributed by atoms with Crippen LogP contribution in [0.2, 0.25) is 0 Å². The summed E-state index contributed by atoms with van der Waals surface area (Å²) in [5.74, 6) is 2.27. The van der Waals surface area contributed by atoms with Gasteiger partial charge < -0.3 is 14.3 Å². The number of carbonyl (C=O) groups excluding carboxylic acids is 1. The lowest BCUT2D eigenvalue weighted by Gasteiger charge is -2.37. The van der Waals surface area contributed by atoms with Gasteiger partial charge in [-0.05, 0) is 38.3 Å². The zero-order valence-electron chi connectivity index (χ0n) is 14.0. The molecular formula is C17H21N5O2. The molecule has 2 aliphatic rings. The third kappa shape index (κ3) is 2.44. The van der Waals surface area contributed by atoms with Crippen molar-refractivity contribution in [3.05, 3.63) is 24.2 Å². The minimum absolute atomic E-state index is 0.225. The van der Waals surface area contributed by atoms with Gasteiger partial charge in [0.2, 0.25) is 5.91 Å². The van der Waals surface area contributed by atoms with Crippen molar-refractivity contribution in [2.45, 2.75) is 26.2 Å². The van der Waals surface area contributed by atoms with Gasteiger partial charge in [-0.1, -0.05) is 5.16 Å². The van der Waals surface area contributed by atoms with E-state index in [1.165, 1.54) is 0 Å². The van der Waals surface area contributed by atoms with E-state index in [0.29, 0.717) is 11.7 Å². The molecule has 2 fully saturated rings. The number of hydrogen-bond acceptors (Lipinski definition) is 6. The van der Waals surface area contributed by atoms with Crippen molar-refractivity contribution in [3.8, 4) is 11.5 Å². The molecule has 1 amide bonds. The summed E-state index contributed by atoms with van der Waals surface area (Å²) in [6, 6.07) is 3.90. The smallest absolute Gasteiger partial charge is 0.259 e. The Labute approximate surface area is 140 Å². The van der Waals surface area contributed by atoms with E-state index in [4.69, 9.17) is 4.52 Å². The zero-order chi connectivity index (χ0) is 16.7. The number of amides is 1. The lowest BCUT2D eigenvalue weighted by Crippen LogP contribution is -2.48. The number of aromatic nitrogens is 3. The van der Waals surface area contributed by atoms with Crippen LogP contribution < -0.4 is 4.90 Å². The van der Waals surface area contributed by atoms with Crippen molar-refractivity contribution in [1.82, 2.24) is 20.0 Å². The molecular weight excluding hydrogens is 306 g/mol. The van der Waals surface area contributed by atoms with Crippen LogP contribution in [0.4, 0.5) is 5.82 Å². The Morgan fingerprint density at radius 2 is 2.12 bits per heavy atom. The van der Waals surface area contributed by atoms with E-state index < -0.39 is 0 Å². The second kappa shape index (κ2) is 5.58. The van der Waals surface area contributed by atoms with Crippen LogP contribution in [-0.2, 0) is 4.79 Å². The lowest BCUT2D eigenvalue weighted by atomic mass is 9.78. The molecule has 0 N–H and O–H groups in total. The third-order valence-electron chi connectivity index (χ3n) is 5.15. The lowest BCUT2D eigenvalue weighted by molar-refractivity contribution is -0.143. The Morgan fingerprint density at radius 3 is 2.83 bits per heavy atom. The van der Waals surface area contributed by atoms with Gasteiger partial charge >= 0.3 is 0 Å². The molecule has 4 heterocycles. The van der Waals surface area contributed by atoms with E-state index in [-0.39, 0.29) is 11.3 Å². The molecule has 0 aliphatic carbocycles. The van der Waals surface area contributed by atoms with Crippen LogP contribution >= 0.6 is 0 Å². The van der Waals surface area contributed by atoms with E-state index in [1.807, 2.05) is 24.1 Å². The Hall–Kier alpha value is -2.44. The normalized spacial score (nSPS) is 24.2. The maximum Gasteiger partial charge on any atom is 0.259 e. The second-order valence-electron chi connectivity index (χ2n) is 6.83. The van der Waals surface area contributed by atoms with Gasteiger partial charge in [-0.2, -0.15) is 4.98 Å². The van der Waals surface area contributed by atoms with E-state index in [2.05, 4.69) is 20.0 Å². The standard InChI is InChI=1S/C17H21N5O2/c1-12-19-15(24-20-12)13-4-5-14(18-10-13)22-9-7-17(11-22)6-3-8-21(2)16(17)23/h4-5,10H,3,6-9,11H2,1-2H3. The number of piperidine rings is 1. The Morgan fingerprint density at radius 1 is 1.25 bits per heavy atom. The van der Waals surface area contributed by atoms with E-state index in [1.54, 1.807) is 13.1 Å². The summed E-state index contributed by atoms with van der Waals surface area (Å²) in [6.07, 6.45) is 4.72. The van der Waals surface area contributed by atoms with Crippen molar-refractivity contribution in [2.75, 3.05) is 31.6 Å². The first-order valence-corrected chi connectivity index (χ1v) is 8.35. The minimum Gasteiger partial charge on any atom is -0.356 e. The topological polar surface area (TPSA) is 75.4 Å². The summed E-state index contributed by atoms with van der Waals surface area (Å²) >= 11 is 0. The second-order valence-corrected chi connectivity index (χ2v) is 6.83. The number of pyridine rings is 1. The predicted molar refractivity (Wildman–Crippen MR) is 88.4 cm³/mol. The van der Waals surface area contributed by atoms with Gasteiger partial charge in [-0.15, -0.1) is 0 Å². The summed E-state index contributed by atoms with van der Waals surface area (Å²) in [5.41, 5.74) is 0.582. The Balaban J connectivity index is 1.52. The van der Waals surface area contributed by atoms with Crippen molar-refractivity contribution in [2.24, 2.45) is 5.41 Å². The summed E-state index contributed by atoms with van der Waals surface area (Å²) in [5, 5.41) is 3.80. The first-order chi connectivity index (χ1) is 11.6. The van der Waals surface area contributed by atoms with Crippen LogP contribution in [0.3, 0.4) is 0 Å². The molecule has 1 spiro atoms. The summed E-state index contributed by atoms with van der Waals surface area (Å²) in [7, 11) is 1.91. The molecule has 126 valence electrons. The molecule has 0 saturated carbocycles. The molecule has 4 rings (SSSR count). The van der Waals surface area contributed by atoms with Crippen LogP contribution in [0.25, 0.3) is 11.5 Å². The summed E-state index contributed by atoms with van der Waals surface area (Å²) in [4.78, 5) is 25.5. The highest BCUT2D eigenvalue weighted by atomic mass is 16.5. The van der Waals surface area contributed by atoms with Crippen LogP contribution in [0, 0.1) is 12.3 Å². The highest BCUT2D eigenvalue weighted by Crippen LogP contribution is 2.40. The fourth-order valence-electron chi connectivity index (χ4n) is 3.83. The van der Waals surface area contributed by atoms with Gasteiger partial charge in [0, 0.05) is 32.9 Å². The molecule has 1 atom stereocenters. The quantitative estimate of drug-likeness (QED) is 0.838. The number of rotatable bonds is 2. The molecule has 1 unspecified atom stereocenters. The Bertz CT molecular complexity index is 757. The van der Waals surface area contributed by atoms with Crippen molar-refractivity contribution in [1.29, 1.82) is 0 Å². The maximum absolute atomic E-state index is 12.6. The monoisotopic (exact) mass is 327 g/mol. The fraction of sp³-hybridized carbons (Fsp3) is 0.529. The zero-order valence-corrected chi connectivity index (χ0v) is 14.0. The average Bonchev–Trinajstić information content (AvgIpc) is 3.21. The van der Waals surface area contributed by atoms with Crippen molar-refractivity contribution >= 4 is 11.7 Å². The number of nitrogens with zero attached hydrogens (tertiary/aromatic N) is 5. The number of hydrogen-bond donors (Lipinski definition) is 0. The van der Waals surface area contributed by atoms with Gasteiger partial charge in [0.05, 0.1) is 11.0 Å². The molecule has 2 aromatic heterocycles. The molecule has 2 saturated heterocycles. The van der Waals surface area contributed by atoms with Gasteiger partial charge in [0.15, 0.2) is 5.82 Å². The van der Waals surface area contributed by atoms with E-state index >= 15 is 0 Å². The van der Waals surface area contributed by atoms with Gasteiger partial charge in [0.1, 0.15) is 5.82 Å². The summed E-state index contributed by atoms with van der Waals surface area (Å²) in [6.45, 7) is 4.28. The number of likely N-dealkylation sites (tertiary alicyclic amines) is 1. The highest BCUT2D eigenvalue weighted by Gasteiger charge is 2.47. The number of carbonyl (C=O) groups is 1. The van der Waals surface area contributed by atoms with E-state index in [0.717, 1.165) is 50.3 Å². The molecule has 2 aromatic rings. The third-order valence-corrected chi connectivity index (χ3v) is 5.15. The first kappa shape index (κ1) is 15.1. The first-order valence-electron chi connectivity index (χ1n) is 8.35. The van der Waals surface area contributed by atoms with Crippen LogP contribution in [0.15, 0.2) is 22.9 Å². The average molecular weight is 327 g/mol.